The van der Waals surface area contributed by atoms with Crippen LogP contribution in [0.2, 0.25) is 0 Å². The van der Waals surface area contributed by atoms with Crippen molar-refractivity contribution in [1.82, 2.24) is 16.0 Å². The van der Waals surface area contributed by atoms with Crippen LogP contribution in [0.5, 0.6) is 0 Å². The molecule has 194 valence electrons. The zero-order valence-electron chi connectivity index (χ0n) is 19.0. The lowest BCUT2D eigenvalue weighted by Gasteiger charge is -2.24. The molecule has 0 saturated heterocycles. The van der Waals surface area contributed by atoms with E-state index in [4.69, 9.17) is 22.3 Å². The molecule has 15 heteroatoms. The minimum absolute atomic E-state index is 0.0420. The monoisotopic (exact) mass is 506 g/mol. The first-order valence-corrected chi connectivity index (χ1v) is 11.9. The van der Waals surface area contributed by atoms with E-state index in [1.54, 1.807) is 0 Å². The Kier molecular flexibility index (Phi) is 15.2. The van der Waals surface area contributed by atoms with Crippen LogP contribution in [0.15, 0.2) is 0 Å². The third-order valence-corrected chi connectivity index (χ3v) is 5.23. The fourth-order valence-electron chi connectivity index (χ4n) is 2.74. The standard InChI is InChI=1S/C19H34N6O8S/c1-34-7-5-10(21)16(29)24-12(8-14(22)26)17(30)25-13(9-15(27)28)18(31)23-11(19(32)33)4-2-3-6-20/h10-13H,2-9,20-21H2,1H3,(H2,22,26)(H,23,31)(H,24,29)(H,25,30)(H,27,28)(H,32,33). The Hall–Kier alpha value is -2.91. The quantitative estimate of drug-likeness (QED) is 0.0873. The summed E-state index contributed by atoms with van der Waals surface area (Å²) in [5, 5.41) is 25.0. The molecule has 14 nitrogen and oxygen atoms in total. The average Bonchev–Trinajstić information content (AvgIpc) is 2.74. The van der Waals surface area contributed by atoms with Crippen LogP contribution in [0.25, 0.3) is 0 Å². The summed E-state index contributed by atoms with van der Waals surface area (Å²) in [7, 11) is 0. The third-order valence-electron chi connectivity index (χ3n) is 4.58. The van der Waals surface area contributed by atoms with Crippen LogP contribution in [0.4, 0.5) is 0 Å². The minimum Gasteiger partial charge on any atom is -0.481 e. The smallest absolute Gasteiger partial charge is 0.326 e. The van der Waals surface area contributed by atoms with Gasteiger partial charge in [-0.2, -0.15) is 11.8 Å². The fourth-order valence-corrected chi connectivity index (χ4v) is 3.23. The number of carbonyl (C=O) groups is 6. The van der Waals surface area contributed by atoms with Crippen LogP contribution in [-0.2, 0) is 28.8 Å². The van der Waals surface area contributed by atoms with E-state index in [9.17, 15) is 33.9 Å². The number of carbonyl (C=O) groups excluding carboxylic acids is 4. The van der Waals surface area contributed by atoms with E-state index in [0.29, 0.717) is 31.6 Å². The van der Waals surface area contributed by atoms with Crippen LogP contribution in [0.3, 0.4) is 0 Å². The maximum Gasteiger partial charge on any atom is 0.326 e. The highest BCUT2D eigenvalue weighted by Crippen LogP contribution is 2.05. The van der Waals surface area contributed by atoms with Gasteiger partial charge in [0.1, 0.15) is 18.1 Å². The molecule has 0 fully saturated rings. The first kappa shape index (κ1) is 31.1. The number of amides is 4. The Morgan fingerprint density at radius 3 is 1.82 bits per heavy atom. The zero-order valence-corrected chi connectivity index (χ0v) is 19.8. The summed E-state index contributed by atoms with van der Waals surface area (Å²) in [4.78, 5) is 71.6. The van der Waals surface area contributed by atoms with Gasteiger partial charge in [0.2, 0.25) is 23.6 Å². The van der Waals surface area contributed by atoms with Crippen molar-refractivity contribution in [3.63, 3.8) is 0 Å². The van der Waals surface area contributed by atoms with Crippen LogP contribution in [0.1, 0.15) is 38.5 Å². The van der Waals surface area contributed by atoms with Gasteiger partial charge in [-0.1, -0.05) is 0 Å². The number of primary amides is 1. The largest absolute Gasteiger partial charge is 0.481 e. The zero-order chi connectivity index (χ0) is 26.3. The second-order valence-electron chi connectivity index (χ2n) is 7.46. The van der Waals surface area contributed by atoms with Crippen molar-refractivity contribution in [1.29, 1.82) is 0 Å². The van der Waals surface area contributed by atoms with E-state index in [1.165, 1.54) is 11.8 Å². The Morgan fingerprint density at radius 2 is 1.35 bits per heavy atom. The van der Waals surface area contributed by atoms with Crippen LogP contribution in [-0.4, -0.2) is 88.5 Å². The summed E-state index contributed by atoms with van der Waals surface area (Å²) in [5.41, 5.74) is 16.3. The van der Waals surface area contributed by atoms with E-state index in [1.807, 2.05) is 6.26 Å². The molecular weight excluding hydrogens is 472 g/mol. The summed E-state index contributed by atoms with van der Waals surface area (Å²) >= 11 is 1.45. The van der Waals surface area contributed by atoms with Gasteiger partial charge in [0.15, 0.2) is 0 Å². The molecule has 0 aliphatic rings. The molecule has 0 bridgehead atoms. The minimum atomic E-state index is -1.68. The number of hydrogen-bond acceptors (Lipinski definition) is 9. The molecule has 0 heterocycles. The number of aliphatic carboxylic acids is 2. The van der Waals surface area contributed by atoms with E-state index in [-0.39, 0.29) is 6.42 Å². The number of thioether (sulfide) groups is 1. The molecule has 0 saturated carbocycles. The number of carboxylic acid groups (broad SMARTS) is 2. The summed E-state index contributed by atoms with van der Waals surface area (Å²) in [6, 6.07) is -5.51. The van der Waals surface area contributed by atoms with Gasteiger partial charge in [-0.3, -0.25) is 24.0 Å². The van der Waals surface area contributed by atoms with E-state index >= 15 is 0 Å². The number of nitrogens with two attached hydrogens (primary N) is 3. The topological polar surface area (TPSA) is 257 Å². The van der Waals surface area contributed by atoms with Gasteiger partial charge in [0.05, 0.1) is 18.9 Å². The molecule has 0 aliphatic heterocycles. The molecular formula is C19H34N6O8S. The van der Waals surface area contributed by atoms with Crippen molar-refractivity contribution in [3.8, 4) is 0 Å². The summed E-state index contributed by atoms with van der Waals surface area (Å²) in [5.74, 6) is -6.02. The summed E-state index contributed by atoms with van der Waals surface area (Å²) in [6.45, 7) is 0.325. The van der Waals surface area contributed by atoms with Crippen LogP contribution < -0.4 is 33.2 Å². The number of rotatable bonds is 18. The molecule has 0 rings (SSSR count). The molecule has 4 unspecified atom stereocenters. The third kappa shape index (κ3) is 13.0. The predicted molar refractivity (Wildman–Crippen MR) is 123 cm³/mol. The van der Waals surface area contributed by atoms with Crippen molar-refractivity contribution in [3.05, 3.63) is 0 Å². The van der Waals surface area contributed by atoms with Crippen LogP contribution in [0, 0.1) is 0 Å². The lowest BCUT2D eigenvalue weighted by molar-refractivity contribution is -0.144. The molecule has 0 aromatic carbocycles. The molecule has 0 radical (unpaired) electrons. The second kappa shape index (κ2) is 16.7. The van der Waals surface area contributed by atoms with Gasteiger partial charge in [-0.05, 0) is 44.2 Å². The van der Waals surface area contributed by atoms with Crippen molar-refractivity contribution in [2.75, 3.05) is 18.6 Å². The molecule has 0 spiro atoms. The molecule has 34 heavy (non-hydrogen) atoms. The first-order chi connectivity index (χ1) is 15.9. The van der Waals surface area contributed by atoms with Gasteiger partial charge >= 0.3 is 11.9 Å². The molecule has 0 aromatic rings. The Morgan fingerprint density at radius 1 is 0.824 bits per heavy atom. The number of unbranched alkanes of at least 4 members (excludes halogenated alkanes) is 1. The molecule has 4 amide bonds. The molecule has 4 atom stereocenters. The number of hydrogen-bond donors (Lipinski definition) is 8. The lowest BCUT2D eigenvalue weighted by atomic mass is 10.1. The van der Waals surface area contributed by atoms with Crippen molar-refractivity contribution in [2.45, 2.75) is 62.7 Å². The van der Waals surface area contributed by atoms with Gasteiger partial charge in [0, 0.05) is 0 Å². The summed E-state index contributed by atoms with van der Waals surface area (Å²) in [6.07, 6.45) is 1.55. The number of carboxylic acids is 2. The maximum absolute atomic E-state index is 12.7. The van der Waals surface area contributed by atoms with Gasteiger partial charge in [-0.25, -0.2) is 4.79 Å². The van der Waals surface area contributed by atoms with Gasteiger partial charge in [-0.15, -0.1) is 0 Å². The Balaban J connectivity index is 5.45. The number of nitrogens with one attached hydrogen (secondary N) is 3. The Bertz CT molecular complexity index is 738. The van der Waals surface area contributed by atoms with E-state index in [0.717, 1.165) is 0 Å². The highest BCUT2D eigenvalue weighted by Gasteiger charge is 2.32. The van der Waals surface area contributed by atoms with Crippen molar-refractivity contribution >= 4 is 47.3 Å². The summed E-state index contributed by atoms with van der Waals surface area (Å²) < 4.78 is 0. The molecule has 0 aliphatic carbocycles. The van der Waals surface area contributed by atoms with E-state index in [2.05, 4.69) is 16.0 Å². The maximum atomic E-state index is 12.7. The second-order valence-corrected chi connectivity index (χ2v) is 8.45. The van der Waals surface area contributed by atoms with Gasteiger partial charge < -0.3 is 43.4 Å². The average molecular weight is 507 g/mol. The van der Waals surface area contributed by atoms with Gasteiger partial charge in [0.25, 0.3) is 0 Å². The Labute approximate surface area is 201 Å². The fraction of sp³-hybridized carbons (Fsp3) is 0.684. The normalized spacial score (nSPS) is 14.2. The highest BCUT2D eigenvalue weighted by molar-refractivity contribution is 7.98. The predicted octanol–water partition coefficient (Wildman–Crippen LogP) is -2.92. The van der Waals surface area contributed by atoms with Crippen LogP contribution >= 0.6 is 11.8 Å². The van der Waals surface area contributed by atoms with E-state index < -0.39 is 72.6 Å². The lowest BCUT2D eigenvalue weighted by Crippen LogP contribution is -2.58. The highest BCUT2D eigenvalue weighted by atomic mass is 32.2. The van der Waals surface area contributed by atoms with Crippen molar-refractivity contribution in [2.24, 2.45) is 17.2 Å². The first-order valence-electron chi connectivity index (χ1n) is 10.5. The van der Waals surface area contributed by atoms with Crippen molar-refractivity contribution < 1.29 is 39.0 Å². The molecule has 11 N–H and O–H groups in total. The molecule has 0 aromatic heterocycles. The SMILES string of the molecule is CSCCC(N)C(=O)NC(CC(N)=O)C(=O)NC(CC(=O)O)C(=O)NC(CCCCN)C(=O)O.